The Morgan fingerprint density at radius 3 is 2.67 bits per heavy atom. The highest BCUT2D eigenvalue weighted by molar-refractivity contribution is 7.91. The van der Waals surface area contributed by atoms with Gasteiger partial charge in [-0.3, -0.25) is 4.90 Å². The SMILES string of the molecule is CCNCCc1ccccc1CN1CCS(=O)(=O)CC1C. The third kappa shape index (κ3) is 4.80. The Hall–Kier alpha value is -0.910. The number of hydrogen-bond donors (Lipinski definition) is 1. The van der Waals surface area contributed by atoms with E-state index < -0.39 is 9.84 Å². The quantitative estimate of drug-likeness (QED) is 0.808. The van der Waals surface area contributed by atoms with E-state index in [4.69, 9.17) is 0 Å². The molecule has 0 amide bonds. The lowest BCUT2D eigenvalue weighted by molar-refractivity contribution is 0.217. The van der Waals surface area contributed by atoms with Gasteiger partial charge in [0.15, 0.2) is 9.84 Å². The minimum atomic E-state index is -2.84. The van der Waals surface area contributed by atoms with Gasteiger partial charge in [0.25, 0.3) is 0 Å². The van der Waals surface area contributed by atoms with Gasteiger partial charge in [0.2, 0.25) is 0 Å². The highest BCUT2D eigenvalue weighted by Crippen LogP contribution is 2.18. The zero-order chi connectivity index (χ0) is 15.3. The Morgan fingerprint density at radius 2 is 2.00 bits per heavy atom. The molecule has 0 spiro atoms. The van der Waals surface area contributed by atoms with Crippen LogP contribution in [-0.4, -0.2) is 50.5 Å². The van der Waals surface area contributed by atoms with Crippen molar-refractivity contribution in [3.63, 3.8) is 0 Å². The van der Waals surface area contributed by atoms with E-state index in [1.54, 1.807) is 0 Å². The topological polar surface area (TPSA) is 49.4 Å². The predicted octanol–water partition coefficient (Wildman–Crippen LogP) is 1.46. The van der Waals surface area contributed by atoms with Gasteiger partial charge in [-0.2, -0.15) is 0 Å². The molecule has 0 bridgehead atoms. The van der Waals surface area contributed by atoms with Crippen molar-refractivity contribution in [2.45, 2.75) is 32.9 Å². The van der Waals surface area contributed by atoms with Gasteiger partial charge >= 0.3 is 0 Å². The van der Waals surface area contributed by atoms with Crippen LogP contribution in [0.2, 0.25) is 0 Å². The van der Waals surface area contributed by atoms with Gasteiger partial charge in [-0.05, 0) is 37.6 Å². The molecule has 1 aliphatic rings. The summed E-state index contributed by atoms with van der Waals surface area (Å²) in [6.45, 7) is 7.59. The largest absolute Gasteiger partial charge is 0.317 e. The Morgan fingerprint density at radius 1 is 1.29 bits per heavy atom. The summed E-state index contributed by atoms with van der Waals surface area (Å²) in [5.41, 5.74) is 2.68. The Kier molecular flexibility index (Phi) is 5.79. The first-order valence-electron chi connectivity index (χ1n) is 7.74. The zero-order valence-corrected chi connectivity index (χ0v) is 13.8. The van der Waals surface area contributed by atoms with Crippen LogP contribution in [0.3, 0.4) is 0 Å². The maximum atomic E-state index is 11.7. The minimum Gasteiger partial charge on any atom is -0.317 e. The van der Waals surface area contributed by atoms with Crippen LogP contribution in [0, 0.1) is 0 Å². The Balaban J connectivity index is 2.02. The van der Waals surface area contributed by atoms with Crippen molar-refractivity contribution in [2.24, 2.45) is 0 Å². The van der Waals surface area contributed by atoms with Crippen LogP contribution in [-0.2, 0) is 22.8 Å². The molecule has 118 valence electrons. The number of nitrogens with one attached hydrogen (secondary N) is 1. The molecule has 1 saturated heterocycles. The van der Waals surface area contributed by atoms with Crippen LogP contribution >= 0.6 is 0 Å². The van der Waals surface area contributed by atoms with Crippen molar-refractivity contribution in [3.05, 3.63) is 35.4 Å². The number of nitrogens with zero attached hydrogens (tertiary/aromatic N) is 1. The molecule has 1 aromatic carbocycles. The molecule has 1 atom stereocenters. The molecule has 1 fully saturated rings. The number of rotatable bonds is 6. The molecule has 21 heavy (non-hydrogen) atoms. The highest BCUT2D eigenvalue weighted by Gasteiger charge is 2.28. The lowest BCUT2D eigenvalue weighted by Crippen LogP contribution is -2.46. The molecule has 0 saturated carbocycles. The molecule has 0 aliphatic carbocycles. The zero-order valence-electron chi connectivity index (χ0n) is 13.0. The van der Waals surface area contributed by atoms with Crippen molar-refractivity contribution in [2.75, 3.05) is 31.1 Å². The van der Waals surface area contributed by atoms with Gasteiger partial charge in [-0.25, -0.2) is 8.42 Å². The van der Waals surface area contributed by atoms with Gasteiger partial charge in [-0.15, -0.1) is 0 Å². The van der Waals surface area contributed by atoms with Gasteiger partial charge in [0, 0.05) is 19.1 Å². The normalized spacial score (nSPS) is 22.3. The van der Waals surface area contributed by atoms with Crippen LogP contribution < -0.4 is 5.32 Å². The smallest absolute Gasteiger partial charge is 0.153 e. The van der Waals surface area contributed by atoms with E-state index in [2.05, 4.69) is 41.4 Å². The van der Waals surface area contributed by atoms with E-state index in [0.717, 1.165) is 26.1 Å². The van der Waals surface area contributed by atoms with Crippen LogP contribution in [0.25, 0.3) is 0 Å². The molecule has 0 aromatic heterocycles. The summed E-state index contributed by atoms with van der Waals surface area (Å²) in [4.78, 5) is 2.28. The maximum Gasteiger partial charge on any atom is 0.153 e. The summed E-state index contributed by atoms with van der Waals surface area (Å²) < 4.78 is 23.3. The van der Waals surface area contributed by atoms with Gasteiger partial charge in [-0.1, -0.05) is 31.2 Å². The lowest BCUT2D eigenvalue weighted by Gasteiger charge is -2.33. The first-order valence-corrected chi connectivity index (χ1v) is 9.56. The average molecular weight is 310 g/mol. The van der Waals surface area contributed by atoms with Crippen LogP contribution in [0.1, 0.15) is 25.0 Å². The van der Waals surface area contributed by atoms with Gasteiger partial charge in [0.05, 0.1) is 11.5 Å². The number of benzene rings is 1. The van der Waals surface area contributed by atoms with E-state index in [0.29, 0.717) is 6.54 Å². The fourth-order valence-electron chi connectivity index (χ4n) is 2.84. The maximum absolute atomic E-state index is 11.7. The highest BCUT2D eigenvalue weighted by atomic mass is 32.2. The van der Waals surface area contributed by atoms with E-state index >= 15 is 0 Å². The standard InChI is InChI=1S/C16H26N2O2S/c1-3-17-9-8-15-6-4-5-7-16(15)12-18-10-11-21(19,20)13-14(18)2/h4-7,14,17H,3,8-13H2,1-2H3. The third-order valence-corrected chi connectivity index (χ3v) is 5.92. The molecule has 4 nitrogen and oxygen atoms in total. The third-order valence-electron chi connectivity index (χ3n) is 4.12. The lowest BCUT2D eigenvalue weighted by atomic mass is 10.0. The second kappa shape index (κ2) is 7.38. The average Bonchev–Trinajstić information content (AvgIpc) is 2.43. The predicted molar refractivity (Wildman–Crippen MR) is 87.2 cm³/mol. The molecule has 1 unspecified atom stereocenters. The summed E-state index contributed by atoms with van der Waals surface area (Å²) in [6.07, 6.45) is 1.02. The van der Waals surface area contributed by atoms with Crippen molar-refractivity contribution in [1.82, 2.24) is 10.2 Å². The molecule has 1 aromatic rings. The van der Waals surface area contributed by atoms with Crippen LogP contribution in [0.5, 0.6) is 0 Å². The van der Waals surface area contributed by atoms with Gasteiger partial charge < -0.3 is 5.32 Å². The first-order chi connectivity index (χ1) is 10.0. The second-order valence-corrected chi connectivity index (χ2v) is 8.03. The summed E-state index contributed by atoms with van der Waals surface area (Å²) >= 11 is 0. The van der Waals surface area contributed by atoms with Crippen molar-refractivity contribution in [1.29, 1.82) is 0 Å². The first kappa shape index (κ1) is 16.5. The van der Waals surface area contributed by atoms with Crippen LogP contribution in [0.4, 0.5) is 0 Å². The minimum absolute atomic E-state index is 0.102. The molecular formula is C16H26N2O2S. The molecule has 2 rings (SSSR count). The number of likely N-dealkylation sites (N-methyl/N-ethyl adjacent to an activating group) is 1. The van der Waals surface area contributed by atoms with Crippen LogP contribution in [0.15, 0.2) is 24.3 Å². The van der Waals surface area contributed by atoms with E-state index in [1.165, 1.54) is 11.1 Å². The number of sulfone groups is 1. The molecule has 1 aliphatic heterocycles. The van der Waals surface area contributed by atoms with E-state index in [1.807, 2.05) is 6.92 Å². The van der Waals surface area contributed by atoms with Gasteiger partial charge in [0.1, 0.15) is 0 Å². The summed E-state index contributed by atoms with van der Waals surface area (Å²) in [5, 5.41) is 3.35. The fraction of sp³-hybridized carbons (Fsp3) is 0.625. The molecule has 0 radical (unpaired) electrons. The molecule has 1 N–H and O–H groups in total. The molecule has 5 heteroatoms. The molecular weight excluding hydrogens is 284 g/mol. The van der Waals surface area contributed by atoms with Crippen molar-refractivity contribution < 1.29 is 8.42 Å². The van der Waals surface area contributed by atoms with E-state index in [-0.39, 0.29) is 17.5 Å². The van der Waals surface area contributed by atoms with Crippen molar-refractivity contribution in [3.8, 4) is 0 Å². The fourth-order valence-corrected chi connectivity index (χ4v) is 4.47. The second-order valence-electron chi connectivity index (χ2n) is 5.81. The molecule has 1 heterocycles. The van der Waals surface area contributed by atoms with Crippen molar-refractivity contribution >= 4 is 9.84 Å². The summed E-state index contributed by atoms with van der Waals surface area (Å²) in [5.74, 6) is 0.573. The summed E-state index contributed by atoms with van der Waals surface area (Å²) in [7, 11) is -2.84. The summed E-state index contributed by atoms with van der Waals surface area (Å²) in [6, 6.07) is 8.59. The Bertz CT molecular complexity index is 557. The van der Waals surface area contributed by atoms with E-state index in [9.17, 15) is 8.42 Å². The monoisotopic (exact) mass is 310 g/mol. The Labute approximate surface area is 128 Å². The number of hydrogen-bond acceptors (Lipinski definition) is 4.